The van der Waals surface area contributed by atoms with Gasteiger partial charge in [-0.25, -0.2) is 0 Å². The number of carbonyl (C=O) groups excluding carboxylic acids is 1. The van der Waals surface area contributed by atoms with Crippen LogP contribution in [-0.2, 0) is 11.0 Å². The zero-order chi connectivity index (χ0) is 14.0. The van der Waals surface area contributed by atoms with Crippen molar-refractivity contribution in [3.63, 3.8) is 0 Å². The van der Waals surface area contributed by atoms with Crippen LogP contribution in [0.4, 0.5) is 13.2 Å². The molecule has 0 bridgehead atoms. The van der Waals surface area contributed by atoms with Crippen molar-refractivity contribution in [1.82, 2.24) is 4.90 Å². The van der Waals surface area contributed by atoms with E-state index in [0.29, 0.717) is 18.7 Å². The molecule has 1 aliphatic heterocycles. The van der Waals surface area contributed by atoms with Gasteiger partial charge < -0.3 is 4.90 Å². The normalized spacial score (nSPS) is 15.8. The molecule has 0 radical (unpaired) electrons. The summed E-state index contributed by atoms with van der Waals surface area (Å²) in [5, 5.41) is 8.39. The van der Waals surface area contributed by atoms with E-state index in [9.17, 15) is 18.0 Å². The van der Waals surface area contributed by atoms with Crippen LogP contribution < -0.4 is 0 Å². The van der Waals surface area contributed by atoms with Gasteiger partial charge in [-0.2, -0.15) is 18.4 Å². The Hall–Kier alpha value is -2.03. The highest BCUT2D eigenvalue weighted by Crippen LogP contribution is 2.33. The average molecular weight is 268 g/mol. The zero-order valence-corrected chi connectivity index (χ0v) is 9.94. The predicted octanol–water partition coefficient (Wildman–Crippen LogP) is 2.54. The Kier molecular flexibility index (Phi) is 3.47. The van der Waals surface area contributed by atoms with Crippen molar-refractivity contribution < 1.29 is 18.0 Å². The lowest BCUT2D eigenvalue weighted by molar-refractivity contribution is -0.138. The summed E-state index contributed by atoms with van der Waals surface area (Å²) < 4.78 is 37.7. The molecule has 6 heteroatoms. The van der Waals surface area contributed by atoms with E-state index in [4.69, 9.17) is 5.26 Å². The Bertz CT molecular complexity index is 527. The van der Waals surface area contributed by atoms with Crippen molar-refractivity contribution >= 4 is 5.91 Å². The molecule has 0 saturated carbocycles. The Morgan fingerprint density at radius 2 is 2.11 bits per heavy atom. The van der Waals surface area contributed by atoms with Gasteiger partial charge in [0.15, 0.2) is 0 Å². The lowest BCUT2D eigenvalue weighted by Gasteiger charge is -2.39. The largest absolute Gasteiger partial charge is 0.416 e. The second-order valence-corrected chi connectivity index (χ2v) is 4.45. The SMILES string of the molecule is N#CCC(=O)N1CC(c2cccc(C(F)(F)F)c2)C1. The first-order valence-electron chi connectivity index (χ1n) is 5.73. The number of hydrogen-bond acceptors (Lipinski definition) is 2. The van der Waals surface area contributed by atoms with Crippen LogP contribution in [0.25, 0.3) is 0 Å². The number of nitriles is 1. The third kappa shape index (κ3) is 2.87. The molecule has 1 aliphatic rings. The number of alkyl halides is 3. The Balaban J connectivity index is 2.03. The van der Waals surface area contributed by atoms with E-state index in [1.165, 1.54) is 11.0 Å². The lowest BCUT2D eigenvalue weighted by atomic mass is 9.90. The van der Waals surface area contributed by atoms with E-state index in [-0.39, 0.29) is 18.2 Å². The fourth-order valence-electron chi connectivity index (χ4n) is 2.04. The molecule has 0 spiro atoms. The van der Waals surface area contributed by atoms with Crippen LogP contribution in [0.3, 0.4) is 0 Å². The third-order valence-electron chi connectivity index (χ3n) is 3.15. The molecule has 1 saturated heterocycles. The minimum absolute atomic E-state index is 0.0788. The highest BCUT2D eigenvalue weighted by molar-refractivity contribution is 5.79. The maximum absolute atomic E-state index is 12.6. The van der Waals surface area contributed by atoms with Gasteiger partial charge in [0, 0.05) is 19.0 Å². The van der Waals surface area contributed by atoms with E-state index < -0.39 is 11.7 Å². The van der Waals surface area contributed by atoms with Crippen LogP contribution in [0.1, 0.15) is 23.5 Å². The molecule has 100 valence electrons. The van der Waals surface area contributed by atoms with Gasteiger partial charge in [0.1, 0.15) is 6.42 Å². The van der Waals surface area contributed by atoms with Gasteiger partial charge in [0.25, 0.3) is 0 Å². The Morgan fingerprint density at radius 3 is 2.68 bits per heavy atom. The van der Waals surface area contributed by atoms with Gasteiger partial charge >= 0.3 is 6.18 Å². The van der Waals surface area contributed by atoms with Crippen molar-refractivity contribution in [3.05, 3.63) is 35.4 Å². The van der Waals surface area contributed by atoms with Gasteiger partial charge in [-0.1, -0.05) is 18.2 Å². The first-order valence-corrected chi connectivity index (χ1v) is 5.73. The van der Waals surface area contributed by atoms with E-state index >= 15 is 0 Å². The molecule has 19 heavy (non-hydrogen) atoms. The van der Waals surface area contributed by atoms with E-state index in [1.807, 2.05) is 0 Å². The van der Waals surface area contributed by atoms with Crippen LogP contribution in [0.15, 0.2) is 24.3 Å². The zero-order valence-electron chi connectivity index (χ0n) is 9.94. The highest BCUT2D eigenvalue weighted by atomic mass is 19.4. The number of halogens is 3. The monoisotopic (exact) mass is 268 g/mol. The Morgan fingerprint density at radius 1 is 1.42 bits per heavy atom. The van der Waals surface area contributed by atoms with Crippen LogP contribution in [0, 0.1) is 11.3 Å². The van der Waals surface area contributed by atoms with Crippen LogP contribution >= 0.6 is 0 Å². The van der Waals surface area contributed by atoms with Crippen LogP contribution in [0.5, 0.6) is 0 Å². The van der Waals surface area contributed by atoms with Gasteiger partial charge in [-0.05, 0) is 11.6 Å². The summed E-state index contributed by atoms with van der Waals surface area (Å²) in [7, 11) is 0. The molecular weight excluding hydrogens is 257 g/mol. The minimum atomic E-state index is -4.35. The number of likely N-dealkylation sites (tertiary alicyclic amines) is 1. The van der Waals surface area contributed by atoms with Gasteiger partial charge in [-0.3, -0.25) is 4.79 Å². The minimum Gasteiger partial charge on any atom is -0.340 e. The average Bonchev–Trinajstić information content (AvgIpc) is 2.26. The molecule has 1 fully saturated rings. The fourth-order valence-corrected chi connectivity index (χ4v) is 2.04. The third-order valence-corrected chi connectivity index (χ3v) is 3.15. The molecule has 1 aromatic carbocycles. The van der Waals surface area contributed by atoms with E-state index in [2.05, 4.69) is 0 Å². The smallest absolute Gasteiger partial charge is 0.340 e. The lowest BCUT2D eigenvalue weighted by Crippen LogP contribution is -2.48. The van der Waals surface area contributed by atoms with Crippen LogP contribution in [-0.4, -0.2) is 23.9 Å². The Labute approximate surface area is 108 Å². The standard InChI is InChI=1S/C13H11F3N2O/c14-13(15,16)11-3-1-2-9(6-11)10-7-18(8-10)12(19)4-5-17/h1-3,6,10H,4,7-8H2. The number of carbonyl (C=O) groups is 1. The molecule has 0 aliphatic carbocycles. The summed E-state index contributed by atoms with van der Waals surface area (Å²) in [6.45, 7) is 0.754. The summed E-state index contributed by atoms with van der Waals surface area (Å²) in [6, 6.07) is 6.91. The molecule has 1 aromatic rings. The quantitative estimate of drug-likeness (QED) is 0.827. The fraction of sp³-hybridized carbons (Fsp3) is 0.385. The molecule has 1 heterocycles. The molecule has 0 unspecified atom stereocenters. The predicted molar refractivity (Wildman–Crippen MR) is 61.0 cm³/mol. The van der Waals surface area contributed by atoms with E-state index in [0.717, 1.165) is 12.1 Å². The molecule has 3 nitrogen and oxygen atoms in total. The van der Waals surface area contributed by atoms with E-state index in [1.54, 1.807) is 12.1 Å². The topological polar surface area (TPSA) is 44.1 Å². The summed E-state index contributed by atoms with van der Waals surface area (Å²) in [5.41, 5.74) is -0.0948. The maximum Gasteiger partial charge on any atom is 0.416 e. The van der Waals surface area contributed by atoms with Crippen molar-refractivity contribution in [2.45, 2.75) is 18.5 Å². The van der Waals surface area contributed by atoms with Crippen molar-refractivity contribution in [3.8, 4) is 6.07 Å². The second kappa shape index (κ2) is 4.92. The number of hydrogen-bond donors (Lipinski definition) is 0. The number of benzene rings is 1. The maximum atomic E-state index is 12.6. The van der Waals surface area contributed by atoms with Gasteiger partial charge in [-0.15, -0.1) is 0 Å². The second-order valence-electron chi connectivity index (χ2n) is 4.45. The first-order chi connectivity index (χ1) is 8.91. The van der Waals surface area contributed by atoms with Crippen molar-refractivity contribution in [2.24, 2.45) is 0 Å². The molecule has 0 atom stereocenters. The molecule has 0 aromatic heterocycles. The number of rotatable bonds is 2. The molecular formula is C13H11F3N2O. The molecule has 2 rings (SSSR count). The van der Waals surface area contributed by atoms with Gasteiger partial charge in [0.2, 0.25) is 5.91 Å². The summed E-state index contributed by atoms with van der Waals surface area (Å²) >= 11 is 0. The molecule has 0 N–H and O–H groups in total. The van der Waals surface area contributed by atoms with Crippen molar-refractivity contribution in [2.75, 3.05) is 13.1 Å². The highest BCUT2D eigenvalue weighted by Gasteiger charge is 2.34. The first kappa shape index (κ1) is 13.4. The van der Waals surface area contributed by atoms with Crippen LogP contribution in [0.2, 0.25) is 0 Å². The number of nitrogens with zero attached hydrogens (tertiary/aromatic N) is 2. The van der Waals surface area contributed by atoms with Gasteiger partial charge in [0.05, 0.1) is 11.6 Å². The molecule has 1 amide bonds. The summed E-state index contributed by atoms with van der Waals surface area (Å²) in [6.07, 6.45) is -4.54. The summed E-state index contributed by atoms with van der Waals surface area (Å²) in [4.78, 5) is 12.8. The number of amides is 1. The van der Waals surface area contributed by atoms with Crippen molar-refractivity contribution in [1.29, 1.82) is 5.26 Å². The summed E-state index contributed by atoms with van der Waals surface area (Å²) in [5.74, 6) is -0.351.